The first-order valence-electron chi connectivity index (χ1n) is 8.77. The van der Waals surface area contributed by atoms with Crippen molar-refractivity contribution in [3.8, 4) is 5.69 Å². The maximum absolute atomic E-state index is 13.2. The Hall–Kier alpha value is -1.51. The van der Waals surface area contributed by atoms with Gasteiger partial charge in [-0.15, -0.1) is 5.57 Å². The number of aromatic nitrogens is 2. The predicted octanol–water partition coefficient (Wildman–Crippen LogP) is 4.28. The van der Waals surface area contributed by atoms with Gasteiger partial charge in [0.15, 0.2) is 0 Å². The van der Waals surface area contributed by atoms with E-state index in [-0.39, 0.29) is 42.8 Å². The molecule has 142 valence electrons. The van der Waals surface area contributed by atoms with Crippen LogP contribution in [0.25, 0.3) is 5.69 Å². The number of halogens is 1. The number of carbonyl (C=O) groups is 1. The molecule has 0 bridgehead atoms. The van der Waals surface area contributed by atoms with Gasteiger partial charge < -0.3 is 11.8 Å². The molecule has 1 amide bonds. The van der Waals surface area contributed by atoms with E-state index in [4.69, 9.17) is 0 Å². The monoisotopic (exact) mass is 593 g/mol. The van der Waals surface area contributed by atoms with Crippen molar-refractivity contribution in [1.29, 1.82) is 0 Å². The average molecular weight is 593 g/mol. The molecule has 0 spiro atoms. The van der Waals surface area contributed by atoms with Gasteiger partial charge in [-0.1, -0.05) is 17.8 Å². The number of hydrogen-bond donors (Lipinski definition) is 0. The second kappa shape index (κ2) is 11.4. The Morgan fingerprint density at radius 1 is 1.30 bits per heavy atom. The third kappa shape index (κ3) is 7.20. The molecule has 1 aromatic heterocycles. The van der Waals surface area contributed by atoms with E-state index in [9.17, 15) is 9.18 Å². The van der Waals surface area contributed by atoms with Crippen molar-refractivity contribution in [2.75, 3.05) is 13.1 Å². The van der Waals surface area contributed by atoms with Gasteiger partial charge >= 0.3 is 31.1 Å². The zero-order chi connectivity index (χ0) is 19.1. The van der Waals surface area contributed by atoms with E-state index in [1.807, 2.05) is 11.0 Å². The second-order valence-electron chi connectivity index (χ2n) is 6.34. The summed E-state index contributed by atoms with van der Waals surface area (Å²) < 4.78 is 14.8. The fourth-order valence-corrected chi connectivity index (χ4v) is 2.69. The Bertz CT molecular complexity index is 785. The van der Waals surface area contributed by atoms with Gasteiger partial charge in [-0.25, -0.2) is 16.4 Å². The van der Waals surface area contributed by atoms with Gasteiger partial charge in [0.05, 0.1) is 5.69 Å². The molecule has 0 fully saturated rings. The summed E-state index contributed by atoms with van der Waals surface area (Å²) in [6.07, 6.45) is 6.85. The molecule has 0 radical (unpaired) electrons. The fourth-order valence-electron chi connectivity index (χ4n) is 2.69. The van der Waals surface area contributed by atoms with Crippen LogP contribution >= 0.6 is 0 Å². The van der Waals surface area contributed by atoms with Crippen LogP contribution in [-0.4, -0.2) is 33.7 Å². The molecule has 2 heterocycles. The Balaban J connectivity index is 0.000000264. The predicted molar refractivity (Wildman–Crippen MR) is 102 cm³/mol. The fraction of sp³-hybridized carbons (Fsp3) is 0.333. The number of carbonyl (C=O) groups excluding carboxylic acids is 1. The molecule has 0 aliphatic carbocycles. The summed E-state index contributed by atoms with van der Waals surface area (Å²) in [7, 11) is 0. The van der Waals surface area contributed by atoms with Gasteiger partial charge in [0, 0.05) is 20.0 Å². The van der Waals surface area contributed by atoms with Gasteiger partial charge in [0.25, 0.3) is 0 Å². The van der Waals surface area contributed by atoms with Crippen LogP contribution in [0.1, 0.15) is 37.4 Å². The molecule has 2 aromatic rings. The number of benzene rings is 1. The van der Waals surface area contributed by atoms with E-state index in [2.05, 4.69) is 25.0 Å². The first kappa shape index (κ1) is 23.5. The first-order valence-corrected chi connectivity index (χ1v) is 8.77. The summed E-state index contributed by atoms with van der Waals surface area (Å²) in [6, 6.07) is 6.79. The number of nitrogens with zero attached hydrogens (tertiary/aromatic N) is 3. The zero-order valence-electron chi connectivity index (χ0n) is 16.0. The van der Waals surface area contributed by atoms with Gasteiger partial charge in [-0.05, 0) is 43.7 Å². The topological polar surface area (TPSA) is 38.1 Å². The van der Waals surface area contributed by atoms with Crippen LogP contribution in [0.2, 0.25) is 0 Å². The Morgan fingerprint density at radius 2 is 2.04 bits per heavy atom. The average Bonchev–Trinajstić information content (AvgIpc) is 2.91. The van der Waals surface area contributed by atoms with E-state index in [1.165, 1.54) is 11.6 Å². The Kier molecular flexibility index (Phi) is 9.90. The number of amides is 1. The van der Waals surface area contributed by atoms with Crippen LogP contribution in [0.3, 0.4) is 0 Å². The third-order valence-electron chi connectivity index (χ3n) is 4.37. The van der Waals surface area contributed by atoms with Crippen molar-refractivity contribution in [1.82, 2.24) is 14.7 Å². The first-order chi connectivity index (χ1) is 12.4. The molecular weight excluding hydrogens is 567 g/mol. The largest absolute Gasteiger partial charge is 2.00 e. The van der Waals surface area contributed by atoms with E-state index in [0.717, 1.165) is 32.4 Å². The molecule has 6 heteroatoms. The maximum atomic E-state index is 13.2. The summed E-state index contributed by atoms with van der Waals surface area (Å²) >= 11 is 0. The van der Waals surface area contributed by atoms with E-state index in [0.29, 0.717) is 16.9 Å². The van der Waals surface area contributed by atoms with Crippen LogP contribution in [0.5, 0.6) is 0 Å². The van der Waals surface area contributed by atoms with Crippen molar-refractivity contribution >= 4 is 5.91 Å². The molecule has 1 aliphatic rings. The Labute approximate surface area is 185 Å². The van der Waals surface area contributed by atoms with Crippen molar-refractivity contribution in [2.24, 2.45) is 0 Å². The van der Waals surface area contributed by atoms with Crippen LogP contribution in [0, 0.1) is 57.7 Å². The van der Waals surface area contributed by atoms with Crippen molar-refractivity contribution in [3.63, 3.8) is 0 Å². The standard InChI is InChI=1S/C11H10FN2.C10H16NO.U/c1-8-3-4-10(7-11(8)12)14-6-5-9(2)13-14;1-3-10-5-4-7-11(8-6-10)9(2)12;/h3-7H,2H2,1H3;5H,1,3-4,6-8H2,2H3;/q2*-1;+2. The zero-order valence-corrected chi connectivity index (χ0v) is 20.2. The summed E-state index contributed by atoms with van der Waals surface area (Å²) in [4.78, 5) is 12.9. The van der Waals surface area contributed by atoms with E-state index < -0.39 is 0 Å². The minimum Gasteiger partial charge on any atom is -0.342 e. The molecule has 0 N–H and O–H groups in total. The molecule has 4 nitrogen and oxygen atoms in total. The molecular formula is C21H26FN3OU. The summed E-state index contributed by atoms with van der Waals surface area (Å²) in [5.41, 5.74) is 3.41. The maximum Gasteiger partial charge on any atom is 2.00 e. The molecule has 0 saturated carbocycles. The van der Waals surface area contributed by atoms with Gasteiger partial charge in [-0.2, -0.15) is 12.5 Å². The SMILES string of the molecule is [CH2-]CC1=CCCN(C(C)=O)CC1.[CH2-]c1ccn(-c2ccc(C)c(F)c2)n1.[U+2]. The number of aryl methyl sites for hydroxylation is 1. The minimum atomic E-state index is -0.219. The van der Waals surface area contributed by atoms with Crippen LogP contribution in [0.4, 0.5) is 4.39 Å². The number of hydrogen-bond acceptors (Lipinski definition) is 2. The number of rotatable bonds is 2. The van der Waals surface area contributed by atoms with Crippen molar-refractivity contribution in [2.45, 2.75) is 33.1 Å². The molecule has 27 heavy (non-hydrogen) atoms. The summed E-state index contributed by atoms with van der Waals surface area (Å²) in [5.74, 6) is -0.0303. The van der Waals surface area contributed by atoms with Gasteiger partial charge in [0.1, 0.15) is 5.82 Å². The molecule has 0 saturated heterocycles. The Morgan fingerprint density at radius 3 is 2.59 bits per heavy atom. The minimum absolute atomic E-state index is 0. The third-order valence-corrected chi connectivity index (χ3v) is 4.37. The second-order valence-corrected chi connectivity index (χ2v) is 6.34. The van der Waals surface area contributed by atoms with Gasteiger partial charge in [0.2, 0.25) is 5.91 Å². The van der Waals surface area contributed by atoms with Crippen LogP contribution in [-0.2, 0) is 4.79 Å². The smallest absolute Gasteiger partial charge is 0.342 e. The molecule has 0 atom stereocenters. The summed E-state index contributed by atoms with van der Waals surface area (Å²) in [5, 5.41) is 4.09. The van der Waals surface area contributed by atoms with Crippen molar-refractivity contribution < 1.29 is 40.3 Å². The van der Waals surface area contributed by atoms with Crippen molar-refractivity contribution in [3.05, 3.63) is 73.0 Å². The van der Waals surface area contributed by atoms with Gasteiger partial charge in [-0.3, -0.25) is 9.48 Å². The molecule has 1 aromatic carbocycles. The normalized spacial score (nSPS) is 13.6. The van der Waals surface area contributed by atoms with E-state index in [1.54, 1.807) is 36.9 Å². The van der Waals surface area contributed by atoms with Crippen LogP contribution < -0.4 is 0 Å². The molecule has 1 aliphatic heterocycles. The molecule has 0 unspecified atom stereocenters. The van der Waals surface area contributed by atoms with Crippen LogP contribution in [0.15, 0.2) is 42.1 Å². The summed E-state index contributed by atoms with van der Waals surface area (Å²) in [6.45, 7) is 12.6. The van der Waals surface area contributed by atoms with E-state index >= 15 is 0 Å². The quantitative estimate of drug-likeness (QED) is 0.386. The molecule has 3 rings (SSSR count).